The van der Waals surface area contributed by atoms with Crippen LogP contribution in [-0.2, 0) is 5.75 Å². The number of rotatable bonds is 9. The van der Waals surface area contributed by atoms with Crippen LogP contribution in [0.25, 0.3) is 0 Å². The van der Waals surface area contributed by atoms with E-state index in [9.17, 15) is 18.8 Å². The molecule has 1 heterocycles. The predicted molar refractivity (Wildman–Crippen MR) is 130 cm³/mol. The lowest BCUT2D eigenvalue weighted by molar-refractivity contribution is 0.0923. The molecule has 6 nitrogen and oxygen atoms in total. The molecule has 8 heteroatoms. The largest absolute Gasteiger partial charge is 0.494 e. The number of fused-ring (bicyclic) bond motifs is 1. The summed E-state index contributed by atoms with van der Waals surface area (Å²) >= 11 is 1.51. The number of thioether (sulfide) groups is 1. The van der Waals surface area contributed by atoms with Gasteiger partial charge in [0.2, 0.25) is 0 Å². The third-order valence-corrected chi connectivity index (χ3v) is 6.31. The Balaban J connectivity index is 1.36. The molecule has 3 amide bonds. The molecule has 0 unspecified atom stereocenters. The first-order chi connectivity index (χ1) is 16.5. The van der Waals surface area contributed by atoms with Gasteiger partial charge in [0.15, 0.2) is 0 Å². The van der Waals surface area contributed by atoms with E-state index in [1.54, 1.807) is 42.5 Å². The van der Waals surface area contributed by atoms with Crippen LogP contribution in [0, 0.1) is 5.82 Å². The third-order valence-electron chi connectivity index (χ3n) is 5.30. The van der Waals surface area contributed by atoms with Gasteiger partial charge in [-0.1, -0.05) is 18.2 Å². The Bertz CT molecular complexity index is 1230. The Labute approximate surface area is 201 Å². The number of halogens is 1. The van der Waals surface area contributed by atoms with Gasteiger partial charge >= 0.3 is 0 Å². The molecule has 0 atom stereocenters. The van der Waals surface area contributed by atoms with Crippen LogP contribution in [-0.4, -0.2) is 36.6 Å². The van der Waals surface area contributed by atoms with Crippen molar-refractivity contribution in [3.05, 3.63) is 94.8 Å². The van der Waals surface area contributed by atoms with Crippen LogP contribution in [0.2, 0.25) is 0 Å². The highest BCUT2D eigenvalue weighted by Crippen LogP contribution is 2.30. The van der Waals surface area contributed by atoms with Crippen molar-refractivity contribution in [2.75, 3.05) is 23.8 Å². The van der Waals surface area contributed by atoms with Gasteiger partial charge in [-0.25, -0.2) is 9.29 Å². The minimum atomic E-state index is -0.473. The summed E-state index contributed by atoms with van der Waals surface area (Å²) in [6, 6.07) is 17.8. The van der Waals surface area contributed by atoms with Gasteiger partial charge in [0, 0.05) is 23.6 Å². The van der Waals surface area contributed by atoms with Crippen LogP contribution in [0.15, 0.2) is 66.7 Å². The molecule has 3 aromatic carbocycles. The molecule has 3 aromatic rings. The number of ether oxygens (including phenoxy) is 1. The fourth-order valence-electron chi connectivity index (χ4n) is 3.61. The average molecular weight is 479 g/mol. The zero-order valence-corrected chi connectivity index (χ0v) is 19.4. The second kappa shape index (κ2) is 10.5. The average Bonchev–Trinajstić information content (AvgIpc) is 3.10. The van der Waals surface area contributed by atoms with Gasteiger partial charge in [-0.05, 0) is 61.0 Å². The van der Waals surface area contributed by atoms with Gasteiger partial charge in [0.05, 0.1) is 23.4 Å². The van der Waals surface area contributed by atoms with Crippen molar-refractivity contribution in [3.63, 3.8) is 0 Å². The molecule has 0 bridgehead atoms. The molecule has 0 spiro atoms. The molecule has 1 aliphatic heterocycles. The molecule has 174 valence electrons. The summed E-state index contributed by atoms with van der Waals surface area (Å²) in [5, 5.41) is 2.80. The van der Waals surface area contributed by atoms with Crippen molar-refractivity contribution in [1.82, 2.24) is 5.32 Å². The van der Waals surface area contributed by atoms with Crippen molar-refractivity contribution >= 4 is 35.2 Å². The van der Waals surface area contributed by atoms with E-state index >= 15 is 0 Å². The molecule has 0 aromatic heterocycles. The second-order valence-electron chi connectivity index (χ2n) is 7.53. The maximum absolute atomic E-state index is 13.7. The van der Waals surface area contributed by atoms with Crippen LogP contribution >= 0.6 is 11.8 Å². The molecule has 0 saturated carbocycles. The van der Waals surface area contributed by atoms with E-state index < -0.39 is 11.8 Å². The van der Waals surface area contributed by atoms with E-state index in [2.05, 4.69) is 5.32 Å². The molecule has 1 aliphatic rings. The van der Waals surface area contributed by atoms with Crippen LogP contribution in [0.3, 0.4) is 0 Å². The first-order valence-corrected chi connectivity index (χ1v) is 12.0. The number of amides is 3. The summed E-state index contributed by atoms with van der Waals surface area (Å²) < 4.78 is 19.1. The molecule has 0 radical (unpaired) electrons. The number of hydrogen-bond acceptors (Lipinski definition) is 5. The predicted octanol–water partition coefficient (Wildman–Crippen LogP) is 4.69. The highest BCUT2D eigenvalue weighted by atomic mass is 32.2. The Kier molecular flexibility index (Phi) is 7.27. The van der Waals surface area contributed by atoms with Gasteiger partial charge in [-0.2, -0.15) is 11.8 Å². The summed E-state index contributed by atoms with van der Waals surface area (Å²) in [6.45, 7) is 2.78. The van der Waals surface area contributed by atoms with Gasteiger partial charge in [-0.15, -0.1) is 0 Å². The maximum Gasteiger partial charge on any atom is 0.266 e. The maximum atomic E-state index is 13.7. The standard InChI is InChI=1S/C26H23FN2O4S/c1-2-33-20-10-8-19(9-11-20)29-25(31)21-12-7-17(15-22(21)26(29)32)24(30)28-13-14-34-16-18-5-3-4-6-23(18)27/h3-12,15H,2,13-14,16H2,1H3,(H,28,30). The number of carbonyl (C=O) groups excluding carboxylic acids is 3. The van der Waals surface area contributed by atoms with Crippen molar-refractivity contribution in [1.29, 1.82) is 0 Å². The van der Waals surface area contributed by atoms with Crippen molar-refractivity contribution in [2.24, 2.45) is 0 Å². The van der Waals surface area contributed by atoms with Crippen LogP contribution in [0.4, 0.5) is 10.1 Å². The molecular formula is C26H23FN2O4S. The number of anilines is 1. The first kappa shape index (κ1) is 23.5. The van der Waals surface area contributed by atoms with E-state index in [0.717, 1.165) is 4.90 Å². The topological polar surface area (TPSA) is 75.7 Å². The SMILES string of the molecule is CCOc1ccc(N2C(=O)c3ccc(C(=O)NCCSCc4ccccc4F)cc3C2=O)cc1. The Morgan fingerprint density at radius 1 is 1.00 bits per heavy atom. The normalized spacial score (nSPS) is 12.6. The van der Waals surface area contributed by atoms with Gasteiger partial charge in [-0.3, -0.25) is 14.4 Å². The van der Waals surface area contributed by atoms with Gasteiger partial charge < -0.3 is 10.1 Å². The lowest BCUT2D eigenvalue weighted by Gasteiger charge is -2.14. The van der Waals surface area contributed by atoms with Crippen molar-refractivity contribution < 1.29 is 23.5 Å². The smallest absolute Gasteiger partial charge is 0.266 e. The first-order valence-electron chi connectivity index (χ1n) is 10.8. The Morgan fingerprint density at radius 3 is 2.47 bits per heavy atom. The van der Waals surface area contributed by atoms with Crippen molar-refractivity contribution in [3.8, 4) is 5.75 Å². The summed E-state index contributed by atoms with van der Waals surface area (Å²) in [6.07, 6.45) is 0. The second-order valence-corrected chi connectivity index (χ2v) is 8.64. The number of carbonyl (C=O) groups is 3. The Hall–Kier alpha value is -3.65. The summed E-state index contributed by atoms with van der Waals surface area (Å²) in [5.74, 6) is 0.284. The lowest BCUT2D eigenvalue weighted by atomic mass is 10.1. The highest BCUT2D eigenvalue weighted by molar-refractivity contribution is 7.98. The zero-order chi connectivity index (χ0) is 24.1. The van der Waals surface area contributed by atoms with E-state index in [4.69, 9.17) is 4.74 Å². The molecule has 0 fully saturated rings. The van der Waals surface area contributed by atoms with Crippen LogP contribution in [0.5, 0.6) is 5.75 Å². The van der Waals surface area contributed by atoms with Crippen LogP contribution < -0.4 is 15.0 Å². The Morgan fingerprint density at radius 2 is 1.74 bits per heavy atom. The summed E-state index contributed by atoms with van der Waals surface area (Å²) in [4.78, 5) is 39.5. The minimum absolute atomic E-state index is 0.195. The molecule has 34 heavy (non-hydrogen) atoms. The monoisotopic (exact) mass is 478 g/mol. The van der Waals surface area contributed by atoms with E-state index in [-0.39, 0.29) is 22.9 Å². The fourth-order valence-corrected chi connectivity index (χ4v) is 4.46. The molecule has 0 aliphatic carbocycles. The summed E-state index contributed by atoms with van der Waals surface area (Å²) in [7, 11) is 0. The molecule has 0 saturated heterocycles. The van der Waals surface area contributed by atoms with E-state index in [0.29, 0.717) is 47.2 Å². The number of benzene rings is 3. The molecule has 4 rings (SSSR count). The summed E-state index contributed by atoms with van der Waals surface area (Å²) in [5.41, 5.74) is 1.81. The quantitative estimate of drug-likeness (QED) is 0.357. The van der Waals surface area contributed by atoms with E-state index in [1.807, 2.05) is 6.92 Å². The lowest BCUT2D eigenvalue weighted by Crippen LogP contribution is -2.29. The van der Waals surface area contributed by atoms with Gasteiger partial charge in [0.1, 0.15) is 11.6 Å². The van der Waals surface area contributed by atoms with Crippen LogP contribution in [0.1, 0.15) is 43.6 Å². The fraction of sp³-hybridized carbons (Fsp3) is 0.192. The number of nitrogens with zero attached hydrogens (tertiary/aromatic N) is 1. The highest BCUT2D eigenvalue weighted by Gasteiger charge is 2.37. The number of imide groups is 1. The van der Waals surface area contributed by atoms with E-state index in [1.165, 1.54) is 36.0 Å². The molecular weight excluding hydrogens is 455 g/mol. The van der Waals surface area contributed by atoms with Crippen molar-refractivity contribution in [2.45, 2.75) is 12.7 Å². The van der Waals surface area contributed by atoms with Gasteiger partial charge in [0.25, 0.3) is 17.7 Å². The number of nitrogens with one attached hydrogen (secondary N) is 1. The number of hydrogen-bond donors (Lipinski definition) is 1. The zero-order valence-electron chi connectivity index (χ0n) is 18.5. The minimum Gasteiger partial charge on any atom is -0.494 e. The third kappa shape index (κ3) is 4.97. The molecule has 1 N–H and O–H groups in total.